The van der Waals surface area contributed by atoms with Gasteiger partial charge < -0.3 is 72.3 Å². The number of piperidine rings is 3. The van der Waals surface area contributed by atoms with Crippen LogP contribution in [0, 0.1) is 13.8 Å². The van der Waals surface area contributed by atoms with E-state index in [1.54, 1.807) is 122 Å². The second-order valence-corrected chi connectivity index (χ2v) is 45.5. The maximum atomic E-state index is 6.20. The fraction of sp³-hybridized carbons (Fsp3) is 0.505. The number of nitrogen functional groups attached to an aromatic ring is 6. The van der Waals surface area contributed by atoms with Crippen molar-refractivity contribution in [1.29, 1.82) is 0 Å². The summed E-state index contributed by atoms with van der Waals surface area (Å²) in [6.07, 6.45) is 22.4. The second-order valence-electron chi connectivity index (χ2n) is 35.9. The molecule has 0 spiro atoms. The van der Waals surface area contributed by atoms with Crippen molar-refractivity contribution in [3.8, 4) is 88.3 Å². The van der Waals surface area contributed by atoms with Gasteiger partial charge in [0, 0.05) is 104 Å². The number of thiazole rings is 4. The molecule has 0 saturated carbocycles. The van der Waals surface area contributed by atoms with Crippen molar-refractivity contribution >= 4 is 127 Å². The van der Waals surface area contributed by atoms with Gasteiger partial charge in [-0.25, -0.2) is 59.8 Å². The average Bonchev–Trinajstić information content (AvgIpc) is 1.68. The Morgan fingerprint density at radius 3 is 0.699 bits per heavy atom. The van der Waals surface area contributed by atoms with Crippen LogP contribution < -0.4 is 72.3 Å². The molecule has 4 atom stereocenters. The SMILES string of the molecule is CCCc1sc(-c2ccc(OC)c(OCCN3CCCC3)c2)nc1C(C)Sc1nc(C)cc(N)n1.CCCc1sc(-c2ccc(OC)c(OCCN3CCCCC3)c2)nc1C(C)Sc1nc(C)cc(N)n1.CCCc1sc(-c2ccc(OC)c(OCCN3CCCCC3)c2)nc1C(C)Sc1nc(N)cc(N)n1.CCCc1sc(-c2ccc(OC)c(OCCN3CCCCC3)c2)nc1C(C)Sc1nc(N)cc(N)n1. The van der Waals surface area contributed by atoms with Crippen molar-refractivity contribution in [1.82, 2.24) is 79.4 Å². The highest BCUT2D eigenvalue weighted by molar-refractivity contribution is 8.00. The van der Waals surface area contributed by atoms with Gasteiger partial charge in [0.15, 0.2) is 66.6 Å². The summed E-state index contributed by atoms with van der Waals surface area (Å²) in [6.45, 7) is 36.8. The van der Waals surface area contributed by atoms with Crippen LogP contribution in [-0.4, -0.2) is 213 Å². The van der Waals surface area contributed by atoms with E-state index in [1.807, 2.05) is 62.4 Å². The average molecular weight is 2100 g/mol. The number of ether oxygens (including phenoxy) is 8. The molecular formula is C105H144N22O8S8. The molecular weight excluding hydrogens is 1950 g/mol. The first-order valence-electron chi connectivity index (χ1n) is 50.2. The van der Waals surface area contributed by atoms with Crippen molar-refractivity contribution in [3.05, 3.63) is 151 Å². The topological polar surface area (TPSA) is 398 Å². The molecule has 4 fully saturated rings. The second kappa shape index (κ2) is 56.2. The van der Waals surface area contributed by atoms with Crippen LogP contribution in [0.4, 0.5) is 34.9 Å². The summed E-state index contributed by atoms with van der Waals surface area (Å²) in [5, 5.41) is 6.74. The van der Waals surface area contributed by atoms with Gasteiger partial charge >= 0.3 is 0 Å². The van der Waals surface area contributed by atoms with E-state index >= 15 is 0 Å². The summed E-state index contributed by atoms with van der Waals surface area (Å²) in [4.78, 5) is 70.5. The molecule has 0 radical (unpaired) electrons. The third kappa shape index (κ3) is 32.8. The van der Waals surface area contributed by atoms with Gasteiger partial charge in [-0.2, -0.15) is 0 Å². The molecule has 0 amide bonds. The minimum atomic E-state index is 0.0521. The Morgan fingerprint density at radius 2 is 0.490 bits per heavy atom. The van der Waals surface area contributed by atoms with Crippen LogP contribution in [0.25, 0.3) is 42.3 Å². The molecule has 38 heteroatoms. The lowest BCUT2D eigenvalue weighted by atomic mass is 10.1. The number of nitrogens with zero attached hydrogens (tertiary/aromatic N) is 16. The highest BCUT2D eigenvalue weighted by Gasteiger charge is 2.29. The number of nitrogens with two attached hydrogens (primary N) is 6. The van der Waals surface area contributed by atoms with Gasteiger partial charge in [0.2, 0.25) is 0 Å². The molecule has 30 nitrogen and oxygen atoms in total. The van der Waals surface area contributed by atoms with Crippen molar-refractivity contribution in [2.45, 2.75) is 233 Å². The summed E-state index contributed by atoms with van der Waals surface area (Å²) in [7, 11) is 6.73. The van der Waals surface area contributed by atoms with Gasteiger partial charge in [0.1, 0.15) is 81.4 Å². The standard InChI is InChI=1S/C27H37N5O2S2.2C26H36N6O2S2.C26H35N5O2S2/c1-5-9-23-25(19(3)35-27-29-18(2)16-24(28)30-27)31-26(36-23)20-10-11-21(33-4)22(17-20)34-15-14-32-12-7-6-8-13-32;2*1-4-8-21-24(17(2)35-26-29-22(27)16-23(28)30-26)31-25(36-21)18-9-10-19(33-3)20(15-18)34-14-13-32-11-6-5-7-12-32;1-5-8-22-24(18(3)34-26-28-17(2)15-23(27)29-26)30-25(35-22)19-9-10-20(32-4)21(16-19)33-14-13-31-11-6-7-12-31/h10-11,16-17,19H,5-9,12-15H2,1-4H3,(H2,28,29,30);2*9-10,15-17H,4-8,11-14H2,1-3H3,(H4,27,28,29,30);9-10,15-16,18H,5-8,11-14H2,1-4H3,(H2,27,28,29). The van der Waals surface area contributed by atoms with Gasteiger partial charge in [-0.1, -0.05) is 120 Å². The maximum Gasteiger partial charge on any atom is 0.192 e. The van der Waals surface area contributed by atoms with E-state index in [1.165, 1.54) is 140 Å². The van der Waals surface area contributed by atoms with Crippen molar-refractivity contribution in [2.24, 2.45) is 0 Å². The maximum absolute atomic E-state index is 6.20. The first kappa shape index (κ1) is 110. The molecule has 4 saturated heterocycles. The van der Waals surface area contributed by atoms with Gasteiger partial charge in [0.05, 0.1) is 72.2 Å². The van der Waals surface area contributed by atoms with Crippen molar-refractivity contribution < 1.29 is 37.9 Å². The fourth-order valence-electron chi connectivity index (χ4n) is 17.3. The zero-order chi connectivity index (χ0) is 101. The minimum Gasteiger partial charge on any atom is -0.493 e. The number of likely N-dealkylation sites (tertiary alicyclic amines) is 4. The lowest BCUT2D eigenvalue weighted by Gasteiger charge is -2.26. The van der Waals surface area contributed by atoms with Crippen LogP contribution in [0.2, 0.25) is 0 Å². The minimum absolute atomic E-state index is 0.0521. The van der Waals surface area contributed by atoms with Gasteiger partial charge in [-0.05, 0) is 244 Å². The van der Waals surface area contributed by atoms with Crippen LogP contribution in [0.5, 0.6) is 46.0 Å². The van der Waals surface area contributed by atoms with E-state index in [4.69, 9.17) is 92.2 Å². The lowest BCUT2D eigenvalue weighted by Crippen LogP contribution is -2.33. The van der Waals surface area contributed by atoms with Gasteiger partial charge in [-0.15, -0.1) is 45.3 Å². The molecule has 4 aliphatic rings. The van der Waals surface area contributed by atoms with E-state index in [2.05, 4.69) is 139 Å². The highest BCUT2D eigenvalue weighted by Crippen LogP contribution is 2.48. The van der Waals surface area contributed by atoms with Crippen LogP contribution in [-0.2, 0) is 25.7 Å². The van der Waals surface area contributed by atoms with Crippen molar-refractivity contribution in [3.63, 3.8) is 0 Å². The number of hydrogen-bond donors (Lipinski definition) is 6. The Kier molecular flexibility index (Phi) is 43.4. The van der Waals surface area contributed by atoms with E-state index in [0.717, 1.165) is 226 Å². The molecule has 12 N–H and O–H groups in total. The Hall–Kier alpha value is -9.84. The number of aryl methyl sites for hydroxylation is 6. The summed E-state index contributed by atoms with van der Waals surface area (Å²) in [5.74, 6) is 8.51. The molecule has 16 rings (SSSR count). The van der Waals surface area contributed by atoms with Gasteiger partial charge in [-0.3, -0.25) is 19.6 Å². The van der Waals surface area contributed by atoms with Crippen LogP contribution >= 0.6 is 92.4 Å². The zero-order valence-corrected chi connectivity index (χ0v) is 92.0. The first-order chi connectivity index (χ1) is 69.3. The molecule has 4 unspecified atom stereocenters. The van der Waals surface area contributed by atoms with Crippen LogP contribution in [0.1, 0.15) is 226 Å². The first-order valence-corrected chi connectivity index (χ1v) is 57.0. The molecule has 8 aromatic heterocycles. The zero-order valence-electron chi connectivity index (χ0n) is 85.4. The predicted octanol–water partition coefficient (Wildman–Crippen LogP) is 22.8. The lowest BCUT2D eigenvalue weighted by molar-refractivity contribution is 0.180. The smallest absolute Gasteiger partial charge is 0.192 e. The van der Waals surface area contributed by atoms with Gasteiger partial charge in [0.25, 0.3) is 0 Å². The quantitative estimate of drug-likeness (QED) is 0.0153. The Labute approximate surface area is 877 Å². The molecule has 4 aliphatic heterocycles. The molecule has 12 aromatic rings. The normalized spacial score (nSPS) is 15.0. The van der Waals surface area contributed by atoms with Crippen LogP contribution in [0.3, 0.4) is 0 Å². The number of methoxy groups -OCH3 is 4. The third-order valence-corrected chi connectivity index (χ3v) is 33.1. The Morgan fingerprint density at radius 1 is 0.280 bits per heavy atom. The number of anilines is 6. The molecule has 12 heterocycles. The highest BCUT2D eigenvalue weighted by atomic mass is 32.2. The number of aromatic nitrogens is 12. The van der Waals surface area contributed by atoms with E-state index < -0.39 is 0 Å². The third-order valence-electron chi connectivity index (χ3n) is 24.5. The number of benzene rings is 4. The molecule has 0 aliphatic carbocycles. The summed E-state index contributed by atoms with van der Waals surface area (Å²) in [5.41, 5.74) is 45.5. The van der Waals surface area contributed by atoms with E-state index in [0.29, 0.717) is 82.0 Å². The summed E-state index contributed by atoms with van der Waals surface area (Å²) >= 11 is 13.2. The van der Waals surface area contributed by atoms with Crippen LogP contribution in [0.15, 0.2) is 118 Å². The monoisotopic (exact) mass is 2100 g/mol. The Balaban J connectivity index is 0.000000160. The molecule has 0 bridgehead atoms. The fourth-order valence-corrected chi connectivity index (χ4v) is 26.5. The van der Waals surface area contributed by atoms with E-state index in [9.17, 15) is 0 Å². The number of hydrogen-bond acceptors (Lipinski definition) is 38. The molecule has 770 valence electrons. The molecule has 143 heavy (non-hydrogen) atoms. The largest absolute Gasteiger partial charge is 0.493 e. The summed E-state index contributed by atoms with van der Waals surface area (Å²) in [6, 6.07) is 31.0. The summed E-state index contributed by atoms with van der Waals surface area (Å²) < 4.78 is 47.1. The van der Waals surface area contributed by atoms with E-state index in [-0.39, 0.29) is 21.0 Å². The number of thioether (sulfide) groups is 4. The van der Waals surface area contributed by atoms with Crippen molar-refractivity contribution in [2.75, 3.05) is 168 Å². The Bertz CT molecular complexity index is 5500. The number of rotatable bonds is 44. The molecule has 4 aromatic carbocycles. The predicted molar refractivity (Wildman–Crippen MR) is 592 cm³/mol.